The van der Waals surface area contributed by atoms with Crippen molar-refractivity contribution >= 4 is 5.91 Å². The number of hydrogen-bond donors (Lipinski definition) is 2. The second kappa shape index (κ2) is 8.25. The fourth-order valence-corrected chi connectivity index (χ4v) is 5.03. The Balaban J connectivity index is 1.21. The van der Waals surface area contributed by atoms with Crippen LogP contribution in [0.4, 0.5) is 0 Å². The third-order valence-corrected chi connectivity index (χ3v) is 6.79. The molecule has 1 amide bonds. The van der Waals surface area contributed by atoms with Gasteiger partial charge < -0.3 is 10.4 Å². The van der Waals surface area contributed by atoms with Gasteiger partial charge in [0.2, 0.25) is 0 Å². The number of carbonyl (C=O) groups is 1. The van der Waals surface area contributed by atoms with Crippen LogP contribution < -0.4 is 5.32 Å². The van der Waals surface area contributed by atoms with Crippen molar-refractivity contribution in [1.82, 2.24) is 15.2 Å². The summed E-state index contributed by atoms with van der Waals surface area (Å²) in [4.78, 5) is 19.8. The number of carbonyl (C=O) groups excluding carboxylic acids is 1. The summed E-state index contributed by atoms with van der Waals surface area (Å²) in [6.45, 7) is 3.74. The summed E-state index contributed by atoms with van der Waals surface area (Å²) < 4.78 is 0. The number of hydrogen-bond acceptors (Lipinski definition) is 4. The van der Waals surface area contributed by atoms with Crippen molar-refractivity contribution in [2.45, 2.75) is 12.1 Å². The van der Waals surface area contributed by atoms with Gasteiger partial charge in [0.05, 0.1) is 0 Å². The van der Waals surface area contributed by atoms with E-state index < -0.39 is 11.5 Å². The number of fused-ring (bicyclic) bond motifs is 1. The maximum atomic E-state index is 13.2. The Bertz CT molecular complexity index is 975. The van der Waals surface area contributed by atoms with Crippen molar-refractivity contribution in [3.63, 3.8) is 0 Å². The average Bonchev–Trinajstić information content (AvgIpc) is 3.29. The van der Waals surface area contributed by atoms with Crippen LogP contribution in [0.25, 0.3) is 0 Å². The topological polar surface area (TPSA) is 65.5 Å². The van der Waals surface area contributed by atoms with Crippen molar-refractivity contribution in [2.24, 2.45) is 17.8 Å². The van der Waals surface area contributed by atoms with E-state index in [1.165, 1.54) is 5.56 Å². The molecular formula is C26H27N3O2. The van der Waals surface area contributed by atoms with E-state index in [1.54, 1.807) is 36.7 Å². The number of amides is 1. The molecule has 2 fully saturated rings. The van der Waals surface area contributed by atoms with Crippen LogP contribution in [0, 0.1) is 17.8 Å². The molecule has 2 aromatic carbocycles. The van der Waals surface area contributed by atoms with Crippen LogP contribution >= 0.6 is 0 Å². The van der Waals surface area contributed by atoms with Crippen molar-refractivity contribution in [3.8, 4) is 0 Å². The van der Waals surface area contributed by atoms with E-state index in [2.05, 4.69) is 39.5 Å². The van der Waals surface area contributed by atoms with Crippen molar-refractivity contribution in [1.29, 1.82) is 0 Å². The molecule has 3 unspecified atom stereocenters. The van der Waals surface area contributed by atoms with Crippen molar-refractivity contribution in [2.75, 3.05) is 19.6 Å². The van der Waals surface area contributed by atoms with Gasteiger partial charge in [-0.3, -0.25) is 14.7 Å². The molecule has 1 saturated heterocycles. The number of rotatable bonds is 7. The van der Waals surface area contributed by atoms with Gasteiger partial charge in [0.15, 0.2) is 5.60 Å². The minimum absolute atomic E-state index is 0.391. The fraction of sp³-hybridized carbons (Fsp3) is 0.308. The second-order valence-electron chi connectivity index (χ2n) is 8.70. The van der Waals surface area contributed by atoms with E-state index >= 15 is 0 Å². The standard InChI is InChI=1S/C26H27N3O2/c30-25(26(31,20-10-5-2-6-11-20)21-12-7-13-27-14-21)28-15-22-23-17-29(18-24(22)23)16-19-8-3-1-4-9-19/h1-14,22-24,31H,15-18H2,(H,28,30). The average molecular weight is 414 g/mol. The minimum Gasteiger partial charge on any atom is -0.372 e. The van der Waals surface area contributed by atoms with Gasteiger partial charge in [0, 0.05) is 44.1 Å². The number of aromatic nitrogens is 1. The van der Waals surface area contributed by atoms with Gasteiger partial charge in [0.25, 0.3) is 5.91 Å². The molecule has 2 aliphatic rings. The summed E-state index contributed by atoms with van der Waals surface area (Å²) in [6, 6.07) is 23.1. The Morgan fingerprint density at radius 3 is 2.26 bits per heavy atom. The summed E-state index contributed by atoms with van der Waals surface area (Å²) in [6.07, 6.45) is 3.19. The third-order valence-electron chi connectivity index (χ3n) is 6.79. The Morgan fingerprint density at radius 1 is 0.968 bits per heavy atom. The highest BCUT2D eigenvalue weighted by Crippen LogP contribution is 2.51. The van der Waals surface area contributed by atoms with E-state index in [9.17, 15) is 9.90 Å². The maximum absolute atomic E-state index is 13.2. The normalized spacial score (nSPS) is 24.2. The fourth-order valence-electron chi connectivity index (χ4n) is 5.03. The second-order valence-corrected chi connectivity index (χ2v) is 8.70. The van der Waals surface area contributed by atoms with Gasteiger partial charge in [-0.05, 0) is 34.9 Å². The number of likely N-dealkylation sites (tertiary alicyclic amines) is 1. The Hall–Kier alpha value is -3.02. The van der Waals surface area contributed by atoms with Crippen LogP contribution in [0.5, 0.6) is 0 Å². The first-order chi connectivity index (χ1) is 15.2. The number of aliphatic hydroxyl groups is 1. The molecular weight excluding hydrogens is 386 g/mol. The minimum atomic E-state index is -1.75. The monoisotopic (exact) mass is 413 g/mol. The molecule has 0 bridgehead atoms. The van der Waals surface area contributed by atoms with Crippen LogP contribution in [0.1, 0.15) is 16.7 Å². The largest absolute Gasteiger partial charge is 0.372 e. The van der Waals surface area contributed by atoms with Gasteiger partial charge in [-0.15, -0.1) is 0 Å². The lowest BCUT2D eigenvalue weighted by atomic mass is 9.86. The number of benzene rings is 2. The highest BCUT2D eigenvalue weighted by molar-refractivity contribution is 5.90. The van der Waals surface area contributed by atoms with Crippen LogP contribution in [0.15, 0.2) is 85.2 Å². The van der Waals surface area contributed by atoms with Crippen LogP contribution in [0.2, 0.25) is 0 Å². The van der Waals surface area contributed by atoms with E-state index in [-0.39, 0.29) is 0 Å². The summed E-state index contributed by atoms with van der Waals surface area (Å²) in [5.41, 5.74) is 0.617. The summed E-state index contributed by atoms with van der Waals surface area (Å²) in [5, 5.41) is 14.5. The van der Waals surface area contributed by atoms with E-state index in [0.717, 1.165) is 19.6 Å². The quantitative estimate of drug-likeness (QED) is 0.625. The number of nitrogens with zero attached hydrogens (tertiary/aromatic N) is 2. The molecule has 1 saturated carbocycles. The molecule has 5 heteroatoms. The molecule has 3 aromatic rings. The van der Waals surface area contributed by atoms with E-state index in [1.807, 2.05) is 24.3 Å². The zero-order valence-corrected chi connectivity index (χ0v) is 17.4. The summed E-state index contributed by atoms with van der Waals surface area (Å²) in [7, 11) is 0. The summed E-state index contributed by atoms with van der Waals surface area (Å²) >= 11 is 0. The van der Waals surface area contributed by atoms with Gasteiger partial charge in [0.1, 0.15) is 0 Å². The summed E-state index contributed by atoms with van der Waals surface area (Å²) in [5.74, 6) is 1.36. The first kappa shape index (κ1) is 19.9. The highest BCUT2D eigenvalue weighted by atomic mass is 16.3. The van der Waals surface area contributed by atoms with Gasteiger partial charge in [-0.25, -0.2) is 0 Å². The molecule has 0 radical (unpaired) electrons. The molecule has 5 rings (SSSR count). The Labute approximate surface area is 182 Å². The highest BCUT2D eigenvalue weighted by Gasteiger charge is 2.55. The molecule has 1 aromatic heterocycles. The Morgan fingerprint density at radius 2 is 1.61 bits per heavy atom. The molecule has 1 aliphatic heterocycles. The molecule has 1 aliphatic carbocycles. The number of pyridine rings is 1. The predicted octanol–water partition coefficient (Wildman–Crippen LogP) is 2.81. The first-order valence-electron chi connectivity index (χ1n) is 10.9. The predicted molar refractivity (Wildman–Crippen MR) is 119 cm³/mol. The molecule has 5 nitrogen and oxygen atoms in total. The van der Waals surface area contributed by atoms with Crippen LogP contribution in [-0.4, -0.2) is 40.5 Å². The SMILES string of the molecule is O=C(NCC1C2CN(Cc3ccccc3)CC12)C(O)(c1ccccc1)c1cccnc1. The van der Waals surface area contributed by atoms with E-state index in [4.69, 9.17) is 0 Å². The van der Waals surface area contributed by atoms with Gasteiger partial charge in [-0.2, -0.15) is 0 Å². The molecule has 31 heavy (non-hydrogen) atoms. The van der Waals surface area contributed by atoms with Crippen molar-refractivity contribution < 1.29 is 9.90 Å². The van der Waals surface area contributed by atoms with Crippen molar-refractivity contribution in [3.05, 3.63) is 102 Å². The molecule has 0 spiro atoms. The van der Waals surface area contributed by atoms with Crippen LogP contribution in [-0.2, 0) is 16.9 Å². The smallest absolute Gasteiger partial charge is 0.261 e. The van der Waals surface area contributed by atoms with Gasteiger partial charge in [-0.1, -0.05) is 66.7 Å². The molecule has 2 heterocycles. The lowest BCUT2D eigenvalue weighted by molar-refractivity contribution is -0.136. The first-order valence-corrected chi connectivity index (χ1v) is 10.9. The number of nitrogens with one attached hydrogen (secondary N) is 1. The van der Waals surface area contributed by atoms with Gasteiger partial charge >= 0.3 is 0 Å². The van der Waals surface area contributed by atoms with E-state index in [0.29, 0.717) is 35.4 Å². The number of piperidine rings is 1. The molecule has 158 valence electrons. The Kier molecular flexibility index (Phi) is 5.30. The zero-order chi connectivity index (χ0) is 21.3. The molecule has 2 N–H and O–H groups in total. The lowest BCUT2D eigenvalue weighted by Gasteiger charge is -2.28. The third kappa shape index (κ3) is 3.87. The molecule has 3 atom stereocenters. The van der Waals surface area contributed by atoms with Crippen LogP contribution in [0.3, 0.4) is 0 Å². The maximum Gasteiger partial charge on any atom is 0.261 e. The lowest BCUT2D eigenvalue weighted by Crippen LogP contribution is -2.46. The zero-order valence-electron chi connectivity index (χ0n) is 17.4.